The molecule has 2 aromatic rings. The third-order valence-corrected chi connectivity index (χ3v) is 2.34. The van der Waals surface area contributed by atoms with E-state index < -0.39 is 11.8 Å². The van der Waals surface area contributed by atoms with Gasteiger partial charge in [0.2, 0.25) is 0 Å². The first kappa shape index (κ1) is 12.6. The van der Waals surface area contributed by atoms with Crippen LogP contribution in [-0.2, 0) is 0 Å². The minimum atomic E-state index is -0.481. The molecule has 0 saturated heterocycles. The van der Waals surface area contributed by atoms with E-state index >= 15 is 0 Å². The number of carbonyl (C=O) groups excluding carboxylic acids is 2. The van der Waals surface area contributed by atoms with Gasteiger partial charge in [0.15, 0.2) is 0 Å². The molecule has 0 aromatic heterocycles. The van der Waals surface area contributed by atoms with Crippen LogP contribution in [0, 0.1) is 0 Å². The molecule has 2 aromatic carbocycles. The summed E-state index contributed by atoms with van der Waals surface area (Å²) in [5.41, 5.74) is 0.856. The van der Waals surface area contributed by atoms with Gasteiger partial charge in [-0.25, -0.2) is 0 Å². The van der Waals surface area contributed by atoms with Crippen LogP contribution in [0.1, 0.15) is 20.7 Å². The molecule has 0 heterocycles. The molecule has 2 rings (SSSR count). The Kier molecular flexibility index (Phi) is 4.11. The van der Waals surface area contributed by atoms with Gasteiger partial charge in [0, 0.05) is 11.1 Å². The zero-order chi connectivity index (χ0) is 13.5. The van der Waals surface area contributed by atoms with Crippen molar-refractivity contribution in [3.05, 3.63) is 71.8 Å². The number of carbonyl (C=O) groups is 2. The van der Waals surface area contributed by atoms with Crippen molar-refractivity contribution in [2.24, 2.45) is 9.98 Å². The first-order valence-electron chi connectivity index (χ1n) is 5.62. The maximum atomic E-state index is 11.6. The van der Waals surface area contributed by atoms with E-state index in [2.05, 4.69) is 16.0 Å². The first-order chi connectivity index (χ1) is 9.27. The maximum Gasteiger partial charge on any atom is 0.286 e. The van der Waals surface area contributed by atoms with Crippen LogP contribution in [0.3, 0.4) is 0 Å². The summed E-state index contributed by atoms with van der Waals surface area (Å²) in [5.74, 6) is -0.963. The van der Waals surface area contributed by atoms with E-state index in [1.807, 2.05) is 0 Å². The van der Waals surface area contributed by atoms with Crippen LogP contribution < -0.4 is 0 Å². The number of hydrogen-bond donors (Lipinski definition) is 0. The van der Waals surface area contributed by atoms with E-state index in [4.69, 9.17) is 0 Å². The fourth-order valence-corrected chi connectivity index (χ4v) is 1.41. The summed E-state index contributed by atoms with van der Waals surface area (Å²) in [6.45, 7) is 0. The zero-order valence-corrected chi connectivity index (χ0v) is 9.98. The number of benzene rings is 2. The average Bonchev–Trinajstić information content (AvgIpc) is 2.49. The van der Waals surface area contributed by atoms with Gasteiger partial charge >= 0.3 is 0 Å². The molecule has 0 unspecified atom stereocenters. The highest BCUT2D eigenvalue weighted by atomic mass is 16.2. The van der Waals surface area contributed by atoms with Crippen molar-refractivity contribution in [2.75, 3.05) is 0 Å². The number of aliphatic imine (C=N–C) groups is 2. The van der Waals surface area contributed by atoms with Crippen LogP contribution in [0.2, 0.25) is 0 Å². The first-order valence-corrected chi connectivity index (χ1v) is 5.62. The Hall–Kier alpha value is -2.84. The Balaban J connectivity index is 2.09. The highest BCUT2D eigenvalue weighted by molar-refractivity contribution is 6.01. The quantitative estimate of drug-likeness (QED) is 0.769. The molecule has 0 N–H and O–H groups in total. The Labute approximate surface area is 110 Å². The molecule has 0 spiro atoms. The predicted molar refractivity (Wildman–Crippen MR) is 71.4 cm³/mol. The van der Waals surface area contributed by atoms with Gasteiger partial charge in [-0.3, -0.25) is 9.59 Å². The van der Waals surface area contributed by atoms with Crippen molar-refractivity contribution in [3.8, 4) is 0 Å². The topological polar surface area (TPSA) is 58.9 Å². The second-order valence-electron chi connectivity index (χ2n) is 3.67. The van der Waals surface area contributed by atoms with Crippen molar-refractivity contribution >= 4 is 17.8 Å². The predicted octanol–water partition coefficient (Wildman–Crippen LogP) is 2.84. The van der Waals surface area contributed by atoms with E-state index in [1.165, 1.54) is 0 Å². The highest BCUT2D eigenvalue weighted by Crippen LogP contribution is 2.01. The molecule has 0 radical (unpaired) electrons. The average molecular weight is 250 g/mol. The number of amides is 2. The second-order valence-corrected chi connectivity index (χ2v) is 3.67. The zero-order valence-electron chi connectivity index (χ0n) is 9.98. The summed E-state index contributed by atoms with van der Waals surface area (Å²) < 4.78 is 0. The lowest BCUT2D eigenvalue weighted by Crippen LogP contribution is -1.95. The van der Waals surface area contributed by atoms with Gasteiger partial charge in [0.05, 0.1) is 0 Å². The number of rotatable bonds is 2. The molecule has 19 heavy (non-hydrogen) atoms. The van der Waals surface area contributed by atoms with Crippen LogP contribution in [-0.4, -0.2) is 17.8 Å². The highest BCUT2D eigenvalue weighted by Gasteiger charge is 2.02. The molecular weight excluding hydrogens is 240 g/mol. The van der Waals surface area contributed by atoms with Gasteiger partial charge < -0.3 is 0 Å². The van der Waals surface area contributed by atoms with Crippen molar-refractivity contribution in [1.82, 2.24) is 0 Å². The summed E-state index contributed by atoms with van der Waals surface area (Å²) in [4.78, 5) is 30.1. The van der Waals surface area contributed by atoms with Crippen LogP contribution in [0.25, 0.3) is 0 Å². The Bertz CT molecular complexity index is 587. The van der Waals surface area contributed by atoms with Crippen LogP contribution in [0.5, 0.6) is 0 Å². The van der Waals surface area contributed by atoms with Crippen molar-refractivity contribution in [3.63, 3.8) is 0 Å². The lowest BCUT2D eigenvalue weighted by atomic mass is 10.2. The summed E-state index contributed by atoms with van der Waals surface area (Å²) >= 11 is 0. The van der Waals surface area contributed by atoms with Crippen LogP contribution in [0.4, 0.5) is 0 Å². The molecule has 0 aliphatic heterocycles. The van der Waals surface area contributed by atoms with Crippen LogP contribution in [0.15, 0.2) is 70.6 Å². The van der Waals surface area contributed by atoms with E-state index in [1.54, 1.807) is 60.7 Å². The summed E-state index contributed by atoms with van der Waals surface area (Å²) in [7, 11) is 0. The second kappa shape index (κ2) is 6.19. The standard InChI is InChI=1S/C15H10N2O2/c18-14(12-7-3-1-4-8-12)16-11-17-15(19)13-9-5-2-6-10-13/h1-10H. The van der Waals surface area contributed by atoms with Gasteiger partial charge in [-0.1, -0.05) is 36.4 Å². The fourth-order valence-electron chi connectivity index (χ4n) is 1.41. The van der Waals surface area contributed by atoms with E-state index in [9.17, 15) is 9.59 Å². The molecule has 92 valence electrons. The minimum absolute atomic E-state index is 0.428. The number of nitrogens with zero attached hydrogens (tertiary/aromatic N) is 2. The Morgan fingerprint density at radius 1 is 0.684 bits per heavy atom. The molecule has 0 aliphatic rings. The lowest BCUT2D eigenvalue weighted by Gasteiger charge is -1.91. The summed E-state index contributed by atoms with van der Waals surface area (Å²) in [6, 6.07) is 19.2. The van der Waals surface area contributed by atoms with Gasteiger partial charge in [-0.2, -0.15) is 0 Å². The van der Waals surface area contributed by atoms with E-state index in [-0.39, 0.29) is 0 Å². The van der Waals surface area contributed by atoms with Crippen LogP contribution >= 0.6 is 0 Å². The third kappa shape index (κ3) is 3.56. The monoisotopic (exact) mass is 250 g/mol. The molecule has 4 heteroatoms. The van der Waals surface area contributed by atoms with Crippen molar-refractivity contribution in [1.29, 1.82) is 0 Å². The van der Waals surface area contributed by atoms with Gasteiger partial charge in [0.25, 0.3) is 11.8 Å². The van der Waals surface area contributed by atoms with Crippen molar-refractivity contribution < 1.29 is 9.59 Å². The molecule has 0 bridgehead atoms. The Morgan fingerprint density at radius 2 is 1.05 bits per heavy atom. The largest absolute Gasteiger partial charge is 0.286 e. The van der Waals surface area contributed by atoms with Crippen molar-refractivity contribution in [2.45, 2.75) is 0 Å². The molecule has 0 saturated carbocycles. The fraction of sp³-hybridized carbons (Fsp3) is 0. The smallest absolute Gasteiger partial charge is 0.266 e. The molecule has 2 amide bonds. The molecule has 0 aliphatic carbocycles. The number of hydrogen-bond acceptors (Lipinski definition) is 2. The maximum absolute atomic E-state index is 11.6. The summed E-state index contributed by atoms with van der Waals surface area (Å²) in [6.07, 6.45) is 0. The Morgan fingerprint density at radius 3 is 1.42 bits per heavy atom. The molecular formula is C15H10N2O2. The third-order valence-electron chi connectivity index (χ3n) is 2.34. The minimum Gasteiger partial charge on any atom is -0.266 e. The van der Waals surface area contributed by atoms with Gasteiger partial charge in [0.1, 0.15) is 6.01 Å². The summed E-state index contributed by atoms with van der Waals surface area (Å²) in [5, 5.41) is 0. The SMILES string of the molecule is O=C(N=C=NC(=O)c1ccccc1)c1ccccc1. The van der Waals surface area contributed by atoms with Gasteiger partial charge in [-0.05, 0) is 24.3 Å². The molecule has 0 fully saturated rings. The normalized spacial score (nSPS) is 9.26. The molecule has 0 atom stereocenters. The molecule has 4 nitrogen and oxygen atoms in total. The van der Waals surface area contributed by atoms with E-state index in [0.29, 0.717) is 11.1 Å². The lowest BCUT2D eigenvalue weighted by molar-refractivity contribution is 0.100. The van der Waals surface area contributed by atoms with E-state index in [0.717, 1.165) is 0 Å². The van der Waals surface area contributed by atoms with Gasteiger partial charge in [-0.15, -0.1) is 9.98 Å².